The predicted molar refractivity (Wildman–Crippen MR) is 79.1 cm³/mol. The molecular formula is C14H18BrN3. The van der Waals surface area contributed by atoms with Crippen molar-refractivity contribution < 1.29 is 0 Å². The molecule has 4 heteroatoms. The maximum atomic E-state index is 4.49. The van der Waals surface area contributed by atoms with E-state index in [0.717, 1.165) is 23.3 Å². The Kier molecular flexibility index (Phi) is 4.07. The fourth-order valence-corrected chi connectivity index (χ4v) is 2.24. The monoisotopic (exact) mass is 307 g/mol. The van der Waals surface area contributed by atoms with E-state index < -0.39 is 0 Å². The summed E-state index contributed by atoms with van der Waals surface area (Å²) in [5.41, 5.74) is 4.69. The highest BCUT2D eigenvalue weighted by Gasteiger charge is 2.07. The lowest BCUT2D eigenvalue weighted by molar-refractivity contribution is 0.614. The van der Waals surface area contributed by atoms with Crippen LogP contribution in [-0.4, -0.2) is 16.3 Å². The highest BCUT2D eigenvalue weighted by atomic mass is 79.9. The predicted octanol–water partition coefficient (Wildman–Crippen LogP) is 3.68. The van der Waals surface area contributed by atoms with Gasteiger partial charge >= 0.3 is 0 Å². The molecule has 1 aromatic carbocycles. The standard InChI is InChI=1S/C14H18BrN3/c1-10-6-4-5-7-13(10)16-8-9-18-12(3)14(15)11(2)17-18/h4-7,16H,8-9H2,1-3H3. The molecule has 0 saturated carbocycles. The Hall–Kier alpha value is -1.29. The molecule has 96 valence electrons. The SMILES string of the molecule is Cc1ccccc1NCCn1nc(C)c(Br)c1C. The summed E-state index contributed by atoms with van der Waals surface area (Å²) in [5.74, 6) is 0. The molecule has 0 bridgehead atoms. The van der Waals surface area contributed by atoms with Gasteiger partial charge in [-0.05, 0) is 48.3 Å². The largest absolute Gasteiger partial charge is 0.383 e. The molecule has 0 radical (unpaired) electrons. The van der Waals surface area contributed by atoms with Crippen LogP contribution in [0.2, 0.25) is 0 Å². The zero-order valence-corrected chi connectivity index (χ0v) is 12.6. The lowest BCUT2D eigenvalue weighted by atomic mass is 10.2. The zero-order valence-electron chi connectivity index (χ0n) is 11.0. The van der Waals surface area contributed by atoms with Gasteiger partial charge in [-0.25, -0.2) is 0 Å². The van der Waals surface area contributed by atoms with Gasteiger partial charge in [-0.2, -0.15) is 5.10 Å². The molecule has 0 fully saturated rings. The minimum absolute atomic E-state index is 0.868. The van der Waals surface area contributed by atoms with Crippen LogP contribution in [0.3, 0.4) is 0 Å². The Balaban J connectivity index is 1.97. The molecular weight excluding hydrogens is 290 g/mol. The van der Waals surface area contributed by atoms with Crippen LogP contribution >= 0.6 is 15.9 Å². The van der Waals surface area contributed by atoms with Crippen LogP contribution in [0.1, 0.15) is 17.0 Å². The molecule has 2 rings (SSSR count). The van der Waals surface area contributed by atoms with E-state index in [4.69, 9.17) is 0 Å². The van der Waals surface area contributed by atoms with Crippen molar-refractivity contribution >= 4 is 21.6 Å². The molecule has 1 heterocycles. The summed E-state index contributed by atoms with van der Waals surface area (Å²) < 4.78 is 3.14. The van der Waals surface area contributed by atoms with Crippen LogP contribution in [0, 0.1) is 20.8 Å². The molecule has 0 spiro atoms. The molecule has 0 saturated heterocycles. The van der Waals surface area contributed by atoms with Crippen molar-refractivity contribution in [1.82, 2.24) is 9.78 Å². The summed E-state index contributed by atoms with van der Waals surface area (Å²) in [4.78, 5) is 0. The molecule has 18 heavy (non-hydrogen) atoms. The lowest BCUT2D eigenvalue weighted by Gasteiger charge is -2.10. The second kappa shape index (κ2) is 5.57. The molecule has 3 nitrogen and oxygen atoms in total. The quantitative estimate of drug-likeness (QED) is 0.933. The number of rotatable bonds is 4. The topological polar surface area (TPSA) is 29.9 Å². The maximum absolute atomic E-state index is 4.49. The number of hydrogen-bond acceptors (Lipinski definition) is 2. The third-order valence-electron chi connectivity index (χ3n) is 3.08. The molecule has 0 aliphatic heterocycles. The van der Waals surface area contributed by atoms with Crippen molar-refractivity contribution in [2.75, 3.05) is 11.9 Å². The van der Waals surface area contributed by atoms with Crippen molar-refractivity contribution in [2.45, 2.75) is 27.3 Å². The van der Waals surface area contributed by atoms with Crippen molar-refractivity contribution in [3.05, 3.63) is 45.7 Å². The number of nitrogens with one attached hydrogen (secondary N) is 1. The molecule has 0 unspecified atom stereocenters. The number of para-hydroxylation sites is 1. The van der Waals surface area contributed by atoms with Crippen molar-refractivity contribution in [3.63, 3.8) is 0 Å². The summed E-state index contributed by atoms with van der Waals surface area (Å²) in [6.07, 6.45) is 0. The van der Waals surface area contributed by atoms with Crippen LogP contribution in [0.15, 0.2) is 28.7 Å². The number of anilines is 1. The number of hydrogen-bond donors (Lipinski definition) is 1. The Morgan fingerprint density at radius 2 is 1.94 bits per heavy atom. The van der Waals surface area contributed by atoms with Gasteiger partial charge in [0.15, 0.2) is 0 Å². The number of aryl methyl sites for hydroxylation is 2. The highest BCUT2D eigenvalue weighted by molar-refractivity contribution is 9.10. The second-order valence-electron chi connectivity index (χ2n) is 4.45. The van der Waals surface area contributed by atoms with E-state index in [0.29, 0.717) is 0 Å². The first-order valence-electron chi connectivity index (χ1n) is 6.08. The van der Waals surface area contributed by atoms with Crippen LogP contribution in [-0.2, 0) is 6.54 Å². The number of nitrogens with zero attached hydrogens (tertiary/aromatic N) is 2. The Morgan fingerprint density at radius 1 is 1.22 bits per heavy atom. The average Bonchev–Trinajstić information content (AvgIpc) is 2.60. The third-order valence-corrected chi connectivity index (χ3v) is 4.22. The summed E-state index contributed by atoms with van der Waals surface area (Å²) in [7, 11) is 0. The maximum Gasteiger partial charge on any atom is 0.0738 e. The first-order chi connectivity index (χ1) is 8.59. The van der Waals surface area contributed by atoms with E-state index in [9.17, 15) is 0 Å². The van der Waals surface area contributed by atoms with E-state index >= 15 is 0 Å². The van der Waals surface area contributed by atoms with Gasteiger partial charge in [0.25, 0.3) is 0 Å². The molecule has 0 aliphatic carbocycles. The smallest absolute Gasteiger partial charge is 0.0738 e. The van der Waals surface area contributed by atoms with Crippen LogP contribution in [0.4, 0.5) is 5.69 Å². The van der Waals surface area contributed by atoms with E-state index in [2.05, 4.69) is 64.5 Å². The van der Waals surface area contributed by atoms with Crippen LogP contribution in [0.25, 0.3) is 0 Å². The van der Waals surface area contributed by atoms with Gasteiger partial charge in [-0.3, -0.25) is 4.68 Å². The molecule has 0 aliphatic rings. The summed E-state index contributed by atoms with van der Waals surface area (Å²) in [6.45, 7) is 7.95. The first-order valence-corrected chi connectivity index (χ1v) is 6.88. The van der Waals surface area contributed by atoms with Gasteiger partial charge in [0.1, 0.15) is 0 Å². The fourth-order valence-electron chi connectivity index (χ4n) is 1.96. The Bertz CT molecular complexity index is 546. The normalized spacial score (nSPS) is 10.7. The molecule has 1 aromatic heterocycles. The van der Waals surface area contributed by atoms with Crippen LogP contribution < -0.4 is 5.32 Å². The molecule has 0 atom stereocenters. The van der Waals surface area contributed by atoms with Gasteiger partial charge in [-0.15, -0.1) is 0 Å². The minimum Gasteiger partial charge on any atom is -0.383 e. The number of halogens is 1. The van der Waals surface area contributed by atoms with Crippen LogP contribution in [0.5, 0.6) is 0 Å². The van der Waals surface area contributed by atoms with E-state index in [-0.39, 0.29) is 0 Å². The van der Waals surface area contributed by atoms with Crippen molar-refractivity contribution in [1.29, 1.82) is 0 Å². The van der Waals surface area contributed by atoms with Crippen molar-refractivity contribution in [3.8, 4) is 0 Å². The summed E-state index contributed by atoms with van der Waals surface area (Å²) in [6, 6.07) is 8.32. The summed E-state index contributed by atoms with van der Waals surface area (Å²) in [5, 5.41) is 7.93. The average molecular weight is 308 g/mol. The fraction of sp³-hybridized carbons (Fsp3) is 0.357. The molecule has 2 aromatic rings. The van der Waals surface area contributed by atoms with E-state index in [1.165, 1.54) is 16.9 Å². The van der Waals surface area contributed by atoms with Gasteiger partial charge < -0.3 is 5.32 Å². The van der Waals surface area contributed by atoms with E-state index in [1.54, 1.807) is 0 Å². The van der Waals surface area contributed by atoms with Crippen molar-refractivity contribution in [2.24, 2.45) is 0 Å². The molecule has 0 amide bonds. The molecule has 1 N–H and O–H groups in total. The lowest BCUT2D eigenvalue weighted by Crippen LogP contribution is -2.13. The van der Waals surface area contributed by atoms with Gasteiger partial charge in [0.05, 0.1) is 16.7 Å². The number of benzene rings is 1. The Morgan fingerprint density at radius 3 is 2.56 bits per heavy atom. The second-order valence-corrected chi connectivity index (χ2v) is 5.24. The highest BCUT2D eigenvalue weighted by Crippen LogP contribution is 2.19. The number of aromatic nitrogens is 2. The van der Waals surface area contributed by atoms with Gasteiger partial charge in [-0.1, -0.05) is 18.2 Å². The summed E-state index contributed by atoms with van der Waals surface area (Å²) >= 11 is 3.54. The van der Waals surface area contributed by atoms with E-state index in [1.807, 2.05) is 11.6 Å². The minimum atomic E-state index is 0.868. The van der Waals surface area contributed by atoms with Gasteiger partial charge in [0, 0.05) is 17.9 Å². The third kappa shape index (κ3) is 2.75. The Labute approximate surface area is 116 Å². The zero-order chi connectivity index (χ0) is 13.1. The first kappa shape index (κ1) is 13.1. The van der Waals surface area contributed by atoms with Gasteiger partial charge in [0.2, 0.25) is 0 Å².